The number of nitrogens with zero attached hydrogens (tertiary/aromatic N) is 1. The van der Waals surface area contributed by atoms with Gasteiger partial charge in [-0.1, -0.05) is 30.3 Å². The molecule has 0 aliphatic carbocycles. The van der Waals surface area contributed by atoms with Crippen molar-refractivity contribution < 1.29 is 19.1 Å². The summed E-state index contributed by atoms with van der Waals surface area (Å²) in [6.07, 6.45) is 5.41. The number of ether oxygens (including phenoxy) is 1. The summed E-state index contributed by atoms with van der Waals surface area (Å²) in [5.41, 5.74) is 2.46. The van der Waals surface area contributed by atoms with Crippen molar-refractivity contribution in [3.8, 4) is 5.75 Å². The van der Waals surface area contributed by atoms with E-state index in [1.54, 1.807) is 24.7 Å². The summed E-state index contributed by atoms with van der Waals surface area (Å²) in [5.74, 6) is 0.183. The van der Waals surface area contributed by atoms with Gasteiger partial charge in [0, 0.05) is 47.9 Å². The van der Waals surface area contributed by atoms with Crippen LogP contribution < -0.4 is 20.7 Å². The molecular formula is C26H30IN5O4. The maximum absolute atomic E-state index is 12.3. The van der Waals surface area contributed by atoms with Gasteiger partial charge in [0.05, 0.1) is 11.9 Å². The number of para-hydroxylation sites is 1. The second-order valence-corrected chi connectivity index (χ2v) is 9.17. The van der Waals surface area contributed by atoms with E-state index in [0.29, 0.717) is 56.6 Å². The first kappa shape index (κ1) is 27.2. The third-order valence-electron chi connectivity index (χ3n) is 5.30. The lowest BCUT2D eigenvalue weighted by Gasteiger charge is -2.12. The Morgan fingerprint density at radius 3 is 2.44 bits per heavy atom. The molecule has 0 aliphatic heterocycles. The highest BCUT2D eigenvalue weighted by Crippen LogP contribution is 2.19. The third-order valence-corrected chi connectivity index (χ3v) is 6.24. The molecule has 3 rings (SSSR count). The van der Waals surface area contributed by atoms with Gasteiger partial charge in [-0.2, -0.15) is 0 Å². The molecule has 0 radical (unpaired) electrons. The summed E-state index contributed by atoms with van der Waals surface area (Å²) in [6.45, 7) is 1.34. The van der Waals surface area contributed by atoms with Crippen molar-refractivity contribution in [1.29, 1.82) is 0 Å². The van der Waals surface area contributed by atoms with Gasteiger partial charge in [-0.3, -0.25) is 14.4 Å². The SMILES string of the molecule is O=C(CCc1ccccc1OCC(=O)NCCc1cnc[nH]1)NCCCNC(=O)c1ccccc1I. The number of carbonyl (C=O) groups is 3. The average Bonchev–Trinajstić information content (AvgIpc) is 3.40. The second-order valence-electron chi connectivity index (χ2n) is 8.01. The van der Waals surface area contributed by atoms with E-state index in [-0.39, 0.29) is 24.3 Å². The van der Waals surface area contributed by atoms with Crippen molar-refractivity contribution >= 4 is 40.3 Å². The number of carbonyl (C=O) groups excluding carboxylic acids is 3. The smallest absolute Gasteiger partial charge is 0.257 e. The molecule has 0 spiro atoms. The van der Waals surface area contributed by atoms with Gasteiger partial charge in [-0.05, 0) is 59.2 Å². The molecule has 1 heterocycles. The minimum absolute atomic E-state index is 0.0784. The standard InChI is InChI=1S/C26H30IN5O4/c27-22-8-3-2-7-21(22)26(35)31-14-5-13-29-24(33)11-10-19-6-1-4-9-23(19)36-17-25(34)30-15-12-20-16-28-18-32-20/h1-4,6-9,16,18H,5,10-15,17H2,(H,28,32)(H,29,33)(H,30,34)(H,31,35). The number of aromatic nitrogens is 2. The molecule has 36 heavy (non-hydrogen) atoms. The largest absolute Gasteiger partial charge is 0.483 e. The fourth-order valence-corrected chi connectivity index (χ4v) is 4.03. The highest BCUT2D eigenvalue weighted by atomic mass is 127. The first-order valence-electron chi connectivity index (χ1n) is 11.8. The van der Waals surface area contributed by atoms with Gasteiger partial charge < -0.3 is 25.7 Å². The number of halogens is 1. The highest BCUT2D eigenvalue weighted by molar-refractivity contribution is 14.1. The van der Waals surface area contributed by atoms with Gasteiger partial charge in [0.15, 0.2) is 6.61 Å². The normalized spacial score (nSPS) is 10.5. The Morgan fingerprint density at radius 1 is 0.889 bits per heavy atom. The van der Waals surface area contributed by atoms with Crippen molar-refractivity contribution in [1.82, 2.24) is 25.9 Å². The Kier molecular flexibility index (Phi) is 11.2. The van der Waals surface area contributed by atoms with Crippen LogP contribution in [0.4, 0.5) is 0 Å². The number of nitrogens with one attached hydrogen (secondary N) is 4. The van der Waals surface area contributed by atoms with Gasteiger partial charge >= 0.3 is 0 Å². The summed E-state index contributed by atoms with van der Waals surface area (Å²) in [6, 6.07) is 14.8. The van der Waals surface area contributed by atoms with Gasteiger partial charge in [-0.15, -0.1) is 0 Å². The number of hydrogen-bond donors (Lipinski definition) is 4. The van der Waals surface area contributed by atoms with Gasteiger partial charge in [0.1, 0.15) is 5.75 Å². The minimum atomic E-state index is -0.212. The summed E-state index contributed by atoms with van der Waals surface area (Å²) in [7, 11) is 0. The molecule has 190 valence electrons. The zero-order valence-electron chi connectivity index (χ0n) is 19.9. The predicted molar refractivity (Wildman–Crippen MR) is 145 cm³/mol. The lowest BCUT2D eigenvalue weighted by atomic mass is 10.1. The van der Waals surface area contributed by atoms with Crippen LogP contribution in [0.3, 0.4) is 0 Å². The topological polar surface area (TPSA) is 125 Å². The second kappa shape index (κ2) is 14.9. The predicted octanol–water partition coefficient (Wildman–Crippen LogP) is 2.62. The Bertz CT molecular complexity index is 1140. The van der Waals surface area contributed by atoms with E-state index in [9.17, 15) is 14.4 Å². The molecule has 3 amide bonds. The van der Waals surface area contributed by atoms with Crippen molar-refractivity contribution in [2.24, 2.45) is 0 Å². The number of imidazole rings is 1. The van der Waals surface area contributed by atoms with Crippen LogP contribution in [0, 0.1) is 3.57 Å². The van der Waals surface area contributed by atoms with Gasteiger partial charge in [0.2, 0.25) is 5.91 Å². The highest BCUT2D eigenvalue weighted by Gasteiger charge is 2.10. The molecule has 9 nitrogen and oxygen atoms in total. The molecule has 0 unspecified atom stereocenters. The van der Waals surface area contributed by atoms with E-state index in [2.05, 4.69) is 48.5 Å². The van der Waals surface area contributed by atoms with Crippen molar-refractivity contribution in [2.45, 2.75) is 25.7 Å². The third kappa shape index (κ3) is 9.33. The molecule has 10 heteroatoms. The van der Waals surface area contributed by atoms with E-state index >= 15 is 0 Å². The molecule has 2 aromatic carbocycles. The molecule has 3 aromatic rings. The number of aryl methyl sites for hydroxylation is 1. The number of hydrogen-bond acceptors (Lipinski definition) is 5. The molecule has 0 aliphatic rings. The number of benzene rings is 2. The number of rotatable bonds is 14. The Morgan fingerprint density at radius 2 is 1.64 bits per heavy atom. The van der Waals surface area contributed by atoms with Gasteiger partial charge in [0.25, 0.3) is 11.8 Å². The van der Waals surface area contributed by atoms with E-state index in [1.165, 1.54) is 0 Å². The van der Waals surface area contributed by atoms with Crippen LogP contribution >= 0.6 is 22.6 Å². The van der Waals surface area contributed by atoms with E-state index in [0.717, 1.165) is 14.8 Å². The van der Waals surface area contributed by atoms with E-state index in [4.69, 9.17) is 4.74 Å². The summed E-state index contributed by atoms with van der Waals surface area (Å²) in [4.78, 5) is 43.5. The fraction of sp³-hybridized carbons (Fsp3) is 0.308. The molecule has 0 saturated carbocycles. The molecule has 0 saturated heterocycles. The zero-order valence-corrected chi connectivity index (χ0v) is 22.0. The summed E-state index contributed by atoms with van der Waals surface area (Å²) in [5, 5.41) is 8.56. The minimum Gasteiger partial charge on any atom is -0.483 e. The van der Waals surface area contributed by atoms with Crippen molar-refractivity contribution in [2.75, 3.05) is 26.2 Å². The molecular weight excluding hydrogens is 573 g/mol. The van der Waals surface area contributed by atoms with Crippen LogP contribution in [0.25, 0.3) is 0 Å². The van der Waals surface area contributed by atoms with Crippen LogP contribution in [-0.2, 0) is 22.4 Å². The first-order valence-corrected chi connectivity index (χ1v) is 12.8. The molecule has 0 atom stereocenters. The average molecular weight is 603 g/mol. The first-order chi connectivity index (χ1) is 17.5. The fourth-order valence-electron chi connectivity index (χ4n) is 3.40. The van der Waals surface area contributed by atoms with Crippen LogP contribution in [0.5, 0.6) is 5.75 Å². The lowest BCUT2D eigenvalue weighted by Crippen LogP contribution is -2.31. The van der Waals surface area contributed by atoms with Crippen LogP contribution in [0.15, 0.2) is 61.1 Å². The molecule has 0 fully saturated rings. The van der Waals surface area contributed by atoms with Crippen LogP contribution in [-0.4, -0.2) is 53.9 Å². The van der Waals surface area contributed by atoms with Gasteiger partial charge in [-0.25, -0.2) is 4.98 Å². The van der Waals surface area contributed by atoms with E-state index in [1.807, 2.05) is 36.4 Å². The molecule has 4 N–H and O–H groups in total. The Hall–Kier alpha value is -3.41. The van der Waals surface area contributed by atoms with Crippen molar-refractivity contribution in [3.63, 3.8) is 0 Å². The monoisotopic (exact) mass is 603 g/mol. The Labute approximate surface area is 223 Å². The molecule has 0 bridgehead atoms. The summed E-state index contributed by atoms with van der Waals surface area (Å²) >= 11 is 2.13. The Balaban J connectivity index is 1.31. The summed E-state index contributed by atoms with van der Waals surface area (Å²) < 4.78 is 6.59. The maximum atomic E-state index is 12.3. The van der Waals surface area contributed by atoms with Crippen LogP contribution in [0.1, 0.15) is 34.5 Å². The lowest BCUT2D eigenvalue weighted by molar-refractivity contribution is -0.123. The maximum Gasteiger partial charge on any atom is 0.257 e. The number of H-pyrrole nitrogens is 1. The van der Waals surface area contributed by atoms with Crippen molar-refractivity contribution in [3.05, 3.63) is 81.4 Å². The quantitative estimate of drug-likeness (QED) is 0.167. The van der Waals surface area contributed by atoms with E-state index < -0.39 is 0 Å². The molecule has 1 aromatic heterocycles. The number of amides is 3. The zero-order chi connectivity index (χ0) is 25.6. The number of aromatic amines is 1. The van der Waals surface area contributed by atoms with Crippen LogP contribution in [0.2, 0.25) is 0 Å².